The maximum absolute atomic E-state index is 12.7. The molecule has 0 aliphatic carbocycles. The lowest BCUT2D eigenvalue weighted by atomic mass is 9.79. The molecule has 1 aromatic carbocycles. The van der Waals surface area contributed by atoms with Gasteiger partial charge in [0.05, 0.1) is 13.2 Å². The number of piperidine rings is 3. The number of rotatable bonds is 5. The highest BCUT2D eigenvalue weighted by Gasteiger charge is 2.40. The zero-order valence-electron chi connectivity index (χ0n) is 15.0. The van der Waals surface area contributed by atoms with Crippen molar-refractivity contribution < 1.29 is 14.1 Å². The van der Waals surface area contributed by atoms with Gasteiger partial charge in [0.25, 0.3) is 5.91 Å². The summed E-state index contributed by atoms with van der Waals surface area (Å²) in [5.74, 6) is 1.00. The second-order valence-electron chi connectivity index (χ2n) is 6.93. The van der Waals surface area contributed by atoms with Crippen molar-refractivity contribution in [1.29, 1.82) is 0 Å². The molecule has 0 spiro atoms. The first-order valence-corrected chi connectivity index (χ1v) is 9.79. The van der Waals surface area contributed by atoms with Crippen LogP contribution in [0.3, 0.4) is 0 Å². The summed E-state index contributed by atoms with van der Waals surface area (Å²) in [7, 11) is 1.54. The summed E-state index contributed by atoms with van der Waals surface area (Å²) in [6.45, 7) is 4.55. The molecule has 5 rings (SSSR count). The van der Waals surface area contributed by atoms with Crippen LogP contribution in [0.1, 0.15) is 30.1 Å². The molecule has 3 saturated heterocycles. The van der Waals surface area contributed by atoms with E-state index in [2.05, 4.69) is 22.3 Å². The van der Waals surface area contributed by atoms with Crippen LogP contribution in [-0.4, -0.2) is 48.2 Å². The van der Waals surface area contributed by atoms with E-state index in [1.54, 1.807) is 13.2 Å². The van der Waals surface area contributed by atoms with Crippen molar-refractivity contribution in [3.63, 3.8) is 0 Å². The second kappa shape index (κ2) is 7.32. The Morgan fingerprint density at radius 3 is 2.65 bits per heavy atom. The van der Waals surface area contributed by atoms with Crippen LogP contribution < -0.4 is 10.1 Å². The third-order valence-electron chi connectivity index (χ3n) is 5.48. The molecule has 2 bridgehead atoms. The minimum Gasteiger partial charge on any atom is -0.467 e. The predicted molar refractivity (Wildman–Crippen MR) is 98.6 cm³/mol. The zero-order valence-corrected chi connectivity index (χ0v) is 15.8. The van der Waals surface area contributed by atoms with Gasteiger partial charge in [-0.3, -0.25) is 9.69 Å². The molecular weight excluding hydrogens is 350 g/mol. The fraction of sp³-hybridized carbons (Fsp3) is 0.474. The number of nitrogens with one attached hydrogen (secondary N) is 1. The highest BCUT2D eigenvalue weighted by Crippen LogP contribution is 2.32. The third kappa shape index (κ3) is 3.46. The lowest BCUT2D eigenvalue weighted by Gasteiger charge is -2.49. The van der Waals surface area contributed by atoms with Gasteiger partial charge in [0.15, 0.2) is 0 Å². The number of nitrogens with zero attached hydrogens (tertiary/aromatic N) is 2. The van der Waals surface area contributed by atoms with E-state index in [1.807, 2.05) is 24.3 Å². The summed E-state index contributed by atoms with van der Waals surface area (Å²) >= 11 is 1.47. The van der Waals surface area contributed by atoms with E-state index < -0.39 is 0 Å². The minimum atomic E-state index is 0.00950. The van der Waals surface area contributed by atoms with Gasteiger partial charge >= 0.3 is 5.95 Å². The second-order valence-corrected chi connectivity index (χ2v) is 8.02. The van der Waals surface area contributed by atoms with Gasteiger partial charge in [0.2, 0.25) is 0 Å². The largest absolute Gasteiger partial charge is 0.467 e. The van der Waals surface area contributed by atoms with Gasteiger partial charge < -0.3 is 14.6 Å². The Kier molecular flexibility index (Phi) is 4.91. The first-order valence-electron chi connectivity index (χ1n) is 8.97. The first-order chi connectivity index (χ1) is 12.6. The summed E-state index contributed by atoms with van der Waals surface area (Å²) in [5, 5.41) is 7.91. The molecule has 3 aliphatic rings. The van der Waals surface area contributed by atoms with E-state index in [0.717, 1.165) is 23.0 Å². The molecule has 2 aromatic rings. The van der Waals surface area contributed by atoms with Gasteiger partial charge in [0, 0.05) is 22.5 Å². The van der Waals surface area contributed by atoms with Crippen molar-refractivity contribution in [3.8, 4) is 5.95 Å². The Hall–Kier alpha value is -1.99. The molecule has 6 nitrogen and oxygen atoms in total. The molecule has 4 heterocycles. The molecule has 7 heteroatoms. The molecule has 1 N–H and O–H groups in total. The molecule has 3 aliphatic heterocycles. The summed E-state index contributed by atoms with van der Waals surface area (Å²) in [6.07, 6.45) is 2.37. The lowest BCUT2D eigenvalue weighted by Crippen LogP contribution is -2.62. The standard InChI is InChI=1S/C19H23N3O3S/c1-12-18(13-7-9-22(12)10-8-13)20-19(23)14-3-5-15(6-4-14)26-16-11-17(24-2)25-21-16/h3-6,11-13,18H,7-10H2,1-2H3,(H,20,23)/t12-,18-/m0/s1. The van der Waals surface area contributed by atoms with Crippen molar-refractivity contribution in [2.75, 3.05) is 20.2 Å². The fourth-order valence-electron chi connectivity index (χ4n) is 3.96. The van der Waals surface area contributed by atoms with Crippen molar-refractivity contribution >= 4 is 17.7 Å². The van der Waals surface area contributed by atoms with E-state index in [0.29, 0.717) is 23.5 Å². The van der Waals surface area contributed by atoms with E-state index in [9.17, 15) is 4.79 Å². The van der Waals surface area contributed by atoms with Crippen molar-refractivity contribution in [3.05, 3.63) is 35.9 Å². The quantitative estimate of drug-likeness (QED) is 0.869. The monoisotopic (exact) mass is 373 g/mol. The van der Waals surface area contributed by atoms with Crippen LogP contribution in [0.15, 0.2) is 44.8 Å². The van der Waals surface area contributed by atoms with Gasteiger partial charge in [-0.1, -0.05) is 16.9 Å². The molecule has 2 atom stereocenters. The molecule has 1 aromatic heterocycles. The fourth-order valence-corrected chi connectivity index (χ4v) is 4.71. The number of carbonyl (C=O) groups excluding carboxylic acids is 1. The normalized spacial score (nSPS) is 27.3. The minimum absolute atomic E-state index is 0.00950. The SMILES string of the molecule is COc1cc(Sc2ccc(C(=O)N[C@@H]3C4CCN(CC4)[C@H]3C)cc2)no1. The van der Waals surface area contributed by atoms with Crippen LogP contribution in [0.4, 0.5) is 0 Å². The predicted octanol–water partition coefficient (Wildman–Crippen LogP) is 3.05. The first kappa shape index (κ1) is 17.4. The van der Waals surface area contributed by atoms with Crippen LogP contribution in [-0.2, 0) is 0 Å². The van der Waals surface area contributed by atoms with Gasteiger partial charge in [0.1, 0.15) is 5.03 Å². The maximum atomic E-state index is 12.7. The van der Waals surface area contributed by atoms with Gasteiger partial charge in [-0.25, -0.2) is 0 Å². The molecule has 0 radical (unpaired) electrons. The number of fused-ring (bicyclic) bond motifs is 3. The van der Waals surface area contributed by atoms with Crippen LogP contribution >= 0.6 is 11.8 Å². The number of carbonyl (C=O) groups is 1. The lowest BCUT2D eigenvalue weighted by molar-refractivity contribution is 0.0217. The van der Waals surface area contributed by atoms with Crippen LogP contribution in [0.5, 0.6) is 5.95 Å². The zero-order chi connectivity index (χ0) is 18.1. The van der Waals surface area contributed by atoms with Crippen LogP contribution in [0.25, 0.3) is 0 Å². The highest BCUT2D eigenvalue weighted by molar-refractivity contribution is 7.99. The van der Waals surface area contributed by atoms with Gasteiger partial charge in [-0.2, -0.15) is 0 Å². The molecule has 26 heavy (non-hydrogen) atoms. The number of methoxy groups -OCH3 is 1. The summed E-state index contributed by atoms with van der Waals surface area (Å²) < 4.78 is 9.99. The number of ether oxygens (including phenoxy) is 1. The molecule has 0 saturated carbocycles. The van der Waals surface area contributed by atoms with Gasteiger partial charge in [-0.05, 0) is 63.0 Å². The molecule has 138 valence electrons. The molecule has 3 fully saturated rings. The summed E-state index contributed by atoms with van der Waals surface area (Å²) in [6, 6.07) is 9.99. The van der Waals surface area contributed by atoms with E-state index in [1.165, 1.54) is 24.6 Å². The Bertz CT molecular complexity index is 767. The van der Waals surface area contributed by atoms with Crippen LogP contribution in [0.2, 0.25) is 0 Å². The number of aromatic nitrogens is 1. The van der Waals surface area contributed by atoms with Gasteiger partial charge in [-0.15, -0.1) is 0 Å². The Morgan fingerprint density at radius 1 is 1.31 bits per heavy atom. The van der Waals surface area contributed by atoms with E-state index in [-0.39, 0.29) is 11.9 Å². The number of benzene rings is 1. The molecular formula is C19H23N3O3S. The number of hydrogen-bond donors (Lipinski definition) is 1. The molecule has 1 amide bonds. The maximum Gasteiger partial charge on any atom is 0.312 e. The topological polar surface area (TPSA) is 67.6 Å². The van der Waals surface area contributed by atoms with Crippen molar-refractivity contribution in [2.45, 2.75) is 41.8 Å². The third-order valence-corrected chi connectivity index (χ3v) is 6.39. The average molecular weight is 373 g/mol. The Balaban J connectivity index is 1.39. The van der Waals surface area contributed by atoms with E-state index in [4.69, 9.17) is 9.26 Å². The van der Waals surface area contributed by atoms with E-state index >= 15 is 0 Å². The smallest absolute Gasteiger partial charge is 0.312 e. The Morgan fingerprint density at radius 2 is 2.04 bits per heavy atom. The summed E-state index contributed by atoms with van der Waals surface area (Å²) in [5.41, 5.74) is 0.690. The molecule has 0 unspecified atom stereocenters. The highest BCUT2D eigenvalue weighted by atomic mass is 32.2. The Labute approximate surface area is 157 Å². The number of hydrogen-bond acceptors (Lipinski definition) is 6. The van der Waals surface area contributed by atoms with Crippen molar-refractivity contribution in [2.24, 2.45) is 5.92 Å². The van der Waals surface area contributed by atoms with Crippen molar-refractivity contribution in [1.82, 2.24) is 15.4 Å². The number of amides is 1. The summed E-state index contributed by atoms with van der Waals surface area (Å²) in [4.78, 5) is 16.1. The average Bonchev–Trinajstić information content (AvgIpc) is 3.13. The van der Waals surface area contributed by atoms with Crippen LogP contribution in [0, 0.1) is 5.92 Å².